The second-order valence-corrected chi connectivity index (χ2v) is 6.15. The third-order valence-electron chi connectivity index (χ3n) is 3.56. The summed E-state index contributed by atoms with van der Waals surface area (Å²) in [7, 11) is 0. The number of nitrogens with zero attached hydrogens (tertiary/aromatic N) is 1. The molecule has 0 radical (unpaired) electrons. The zero-order valence-electron chi connectivity index (χ0n) is 11.0. The highest BCUT2D eigenvalue weighted by Crippen LogP contribution is 2.21. The van der Waals surface area contributed by atoms with Crippen molar-refractivity contribution >= 4 is 11.3 Å². The van der Waals surface area contributed by atoms with Crippen molar-refractivity contribution in [3.8, 4) is 0 Å². The van der Waals surface area contributed by atoms with Gasteiger partial charge in [0.25, 0.3) is 0 Å². The molecule has 1 unspecified atom stereocenters. The van der Waals surface area contributed by atoms with Crippen molar-refractivity contribution in [3.05, 3.63) is 15.6 Å². The molecule has 3 nitrogen and oxygen atoms in total. The van der Waals surface area contributed by atoms with Crippen LogP contribution in [0.4, 0.5) is 0 Å². The number of rotatable bonds is 4. The van der Waals surface area contributed by atoms with Gasteiger partial charge in [-0.2, -0.15) is 0 Å². The average molecular weight is 254 g/mol. The molecule has 2 heterocycles. The first-order valence-corrected chi connectivity index (χ1v) is 7.22. The molecule has 1 aromatic rings. The number of hydrogen-bond acceptors (Lipinski definition) is 4. The smallest absolute Gasteiger partial charge is 0.0900 e. The quantitative estimate of drug-likeness (QED) is 0.897. The number of thiazole rings is 1. The molecule has 0 saturated carbocycles. The van der Waals surface area contributed by atoms with E-state index < -0.39 is 0 Å². The van der Waals surface area contributed by atoms with E-state index in [1.165, 1.54) is 23.4 Å². The Bertz CT molecular complexity index is 358. The van der Waals surface area contributed by atoms with E-state index in [9.17, 15) is 0 Å². The summed E-state index contributed by atoms with van der Waals surface area (Å²) in [6.07, 6.45) is 2.38. The van der Waals surface area contributed by atoms with E-state index in [0.717, 1.165) is 30.7 Å². The third kappa shape index (κ3) is 3.50. The van der Waals surface area contributed by atoms with E-state index in [1.807, 2.05) is 0 Å². The summed E-state index contributed by atoms with van der Waals surface area (Å²) in [6.45, 7) is 9.27. The molecule has 1 aromatic heterocycles. The monoisotopic (exact) mass is 254 g/mol. The molecule has 0 bridgehead atoms. The minimum Gasteiger partial charge on any atom is -0.381 e. The maximum atomic E-state index is 5.40. The van der Waals surface area contributed by atoms with Crippen LogP contribution in [-0.2, 0) is 11.3 Å². The van der Waals surface area contributed by atoms with Crippen molar-refractivity contribution in [1.29, 1.82) is 0 Å². The molecule has 0 aliphatic carbocycles. The van der Waals surface area contributed by atoms with Crippen LogP contribution in [-0.4, -0.2) is 24.2 Å². The Hall–Kier alpha value is -0.450. The van der Waals surface area contributed by atoms with Crippen LogP contribution in [0.5, 0.6) is 0 Å². The number of ether oxygens (including phenoxy) is 1. The molecule has 0 aromatic carbocycles. The van der Waals surface area contributed by atoms with Crippen molar-refractivity contribution in [2.75, 3.05) is 13.2 Å². The van der Waals surface area contributed by atoms with Crippen LogP contribution in [0.2, 0.25) is 0 Å². The van der Waals surface area contributed by atoms with Crippen molar-refractivity contribution in [1.82, 2.24) is 10.3 Å². The van der Waals surface area contributed by atoms with Gasteiger partial charge in [-0.1, -0.05) is 0 Å². The highest BCUT2D eigenvalue weighted by molar-refractivity contribution is 7.11. The number of nitrogens with one attached hydrogen (secondary N) is 1. The third-order valence-corrected chi connectivity index (χ3v) is 4.63. The van der Waals surface area contributed by atoms with Gasteiger partial charge in [0.1, 0.15) is 0 Å². The first-order valence-electron chi connectivity index (χ1n) is 6.41. The summed E-state index contributed by atoms with van der Waals surface area (Å²) >= 11 is 1.80. The first-order chi connectivity index (χ1) is 8.16. The summed E-state index contributed by atoms with van der Waals surface area (Å²) in [4.78, 5) is 5.84. The Balaban J connectivity index is 1.82. The standard InChI is InChI=1S/C13H22N2OS/c1-9(12-4-6-16-7-5-12)14-8-13-10(2)15-11(3)17-13/h9,12,14H,4-8H2,1-3H3. The fourth-order valence-electron chi connectivity index (χ4n) is 2.37. The predicted octanol–water partition coefficient (Wildman–Crippen LogP) is 2.66. The van der Waals surface area contributed by atoms with Crippen molar-refractivity contribution in [2.45, 2.75) is 46.2 Å². The molecule has 17 heavy (non-hydrogen) atoms. The lowest BCUT2D eigenvalue weighted by Crippen LogP contribution is -2.36. The number of hydrogen-bond donors (Lipinski definition) is 1. The molecule has 96 valence electrons. The highest BCUT2D eigenvalue weighted by Gasteiger charge is 2.20. The van der Waals surface area contributed by atoms with Gasteiger partial charge in [0, 0.05) is 30.7 Å². The van der Waals surface area contributed by atoms with Crippen LogP contribution in [0.15, 0.2) is 0 Å². The molecule has 0 amide bonds. The molecule has 1 N–H and O–H groups in total. The van der Waals surface area contributed by atoms with Gasteiger partial charge in [0.05, 0.1) is 10.7 Å². The Morgan fingerprint density at radius 1 is 1.41 bits per heavy atom. The summed E-state index contributed by atoms with van der Waals surface area (Å²) in [5.41, 5.74) is 1.18. The van der Waals surface area contributed by atoms with Gasteiger partial charge < -0.3 is 10.1 Å². The zero-order valence-corrected chi connectivity index (χ0v) is 11.8. The van der Waals surface area contributed by atoms with Gasteiger partial charge in [-0.3, -0.25) is 0 Å². The van der Waals surface area contributed by atoms with E-state index in [0.29, 0.717) is 6.04 Å². The molecule has 1 saturated heterocycles. The van der Waals surface area contributed by atoms with Crippen molar-refractivity contribution in [2.24, 2.45) is 5.92 Å². The van der Waals surface area contributed by atoms with Crippen LogP contribution in [0.1, 0.15) is 35.3 Å². The van der Waals surface area contributed by atoms with E-state index in [1.54, 1.807) is 11.3 Å². The van der Waals surface area contributed by atoms with E-state index in [-0.39, 0.29) is 0 Å². The van der Waals surface area contributed by atoms with Crippen molar-refractivity contribution < 1.29 is 4.74 Å². The van der Waals surface area contributed by atoms with Gasteiger partial charge in [0.15, 0.2) is 0 Å². The fourth-order valence-corrected chi connectivity index (χ4v) is 3.26. The van der Waals surface area contributed by atoms with Crippen LogP contribution >= 0.6 is 11.3 Å². The normalized spacial score (nSPS) is 19.5. The summed E-state index contributed by atoms with van der Waals surface area (Å²) < 4.78 is 5.40. The largest absolute Gasteiger partial charge is 0.381 e. The van der Waals surface area contributed by atoms with Crippen LogP contribution < -0.4 is 5.32 Å². The molecule has 2 rings (SSSR count). The summed E-state index contributed by atoms with van der Waals surface area (Å²) in [5, 5.41) is 4.80. The molecule has 4 heteroatoms. The zero-order chi connectivity index (χ0) is 12.3. The molecular weight excluding hydrogens is 232 g/mol. The molecule has 1 aliphatic rings. The Kier molecular flexibility index (Phi) is 4.54. The fraction of sp³-hybridized carbons (Fsp3) is 0.769. The van der Waals surface area contributed by atoms with Gasteiger partial charge in [-0.25, -0.2) is 4.98 Å². The Morgan fingerprint density at radius 3 is 2.71 bits per heavy atom. The van der Waals surface area contributed by atoms with Gasteiger partial charge in [-0.05, 0) is 39.5 Å². The van der Waals surface area contributed by atoms with Gasteiger partial charge >= 0.3 is 0 Å². The lowest BCUT2D eigenvalue weighted by Gasteiger charge is -2.28. The molecular formula is C13H22N2OS. The predicted molar refractivity (Wildman–Crippen MR) is 71.4 cm³/mol. The Labute approximate surface area is 108 Å². The van der Waals surface area contributed by atoms with E-state index in [4.69, 9.17) is 4.74 Å². The van der Waals surface area contributed by atoms with E-state index >= 15 is 0 Å². The second kappa shape index (κ2) is 5.94. The van der Waals surface area contributed by atoms with E-state index in [2.05, 4.69) is 31.1 Å². The number of aromatic nitrogens is 1. The Morgan fingerprint density at radius 2 is 2.12 bits per heavy atom. The minimum atomic E-state index is 0.570. The van der Waals surface area contributed by atoms with Crippen LogP contribution in [0.3, 0.4) is 0 Å². The highest BCUT2D eigenvalue weighted by atomic mass is 32.1. The molecule has 1 atom stereocenters. The van der Waals surface area contributed by atoms with Crippen molar-refractivity contribution in [3.63, 3.8) is 0 Å². The lowest BCUT2D eigenvalue weighted by molar-refractivity contribution is 0.0558. The summed E-state index contributed by atoms with van der Waals surface area (Å²) in [6, 6.07) is 0.570. The maximum absolute atomic E-state index is 5.40. The average Bonchev–Trinajstić information content (AvgIpc) is 2.66. The first kappa shape index (κ1) is 13.0. The van der Waals surface area contributed by atoms with Gasteiger partial charge in [-0.15, -0.1) is 11.3 Å². The molecule has 0 spiro atoms. The summed E-state index contributed by atoms with van der Waals surface area (Å²) in [5.74, 6) is 0.762. The topological polar surface area (TPSA) is 34.2 Å². The lowest BCUT2D eigenvalue weighted by atomic mass is 9.93. The SMILES string of the molecule is Cc1nc(C)c(CNC(C)C2CCOCC2)s1. The van der Waals surface area contributed by atoms with Crippen LogP contribution in [0, 0.1) is 19.8 Å². The molecule has 1 aliphatic heterocycles. The minimum absolute atomic E-state index is 0.570. The second-order valence-electron chi connectivity index (χ2n) is 4.86. The maximum Gasteiger partial charge on any atom is 0.0900 e. The van der Waals surface area contributed by atoms with Gasteiger partial charge in [0.2, 0.25) is 0 Å². The molecule has 1 fully saturated rings. The van der Waals surface area contributed by atoms with Crippen LogP contribution in [0.25, 0.3) is 0 Å². The number of aryl methyl sites for hydroxylation is 2.